The van der Waals surface area contributed by atoms with Crippen molar-refractivity contribution >= 4 is 10.0 Å². The normalized spacial score (nSPS) is 11.5. The molecule has 31 heavy (non-hydrogen) atoms. The molecule has 4 aromatic rings. The molecule has 2 aromatic carbocycles. The Labute approximate surface area is 178 Å². The first-order valence-electron chi connectivity index (χ1n) is 9.29. The fourth-order valence-corrected chi connectivity index (χ4v) is 4.80. The summed E-state index contributed by atoms with van der Waals surface area (Å²) in [6.45, 7) is 1.70. The van der Waals surface area contributed by atoms with Crippen molar-refractivity contribution in [1.82, 2.24) is 8.96 Å². The summed E-state index contributed by atoms with van der Waals surface area (Å²) in [6, 6.07) is 12.6. The minimum atomic E-state index is -4.22. The maximum atomic E-state index is 14.4. The zero-order valence-electron chi connectivity index (χ0n) is 16.7. The van der Waals surface area contributed by atoms with Crippen LogP contribution in [0.25, 0.3) is 22.4 Å². The molecule has 0 radical (unpaired) electrons. The van der Waals surface area contributed by atoms with E-state index in [4.69, 9.17) is 4.74 Å². The minimum Gasteiger partial charge on any atom is -0.495 e. The third-order valence-electron chi connectivity index (χ3n) is 4.78. The summed E-state index contributed by atoms with van der Waals surface area (Å²) in [5, 5.41) is 0. The maximum Gasteiger partial charge on any atom is 0.268 e. The van der Waals surface area contributed by atoms with Crippen molar-refractivity contribution in [3.63, 3.8) is 0 Å². The van der Waals surface area contributed by atoms with E-state index >= 15 is 0 Å². The van der Waals surface area contributed by atoms with E-state index in [9.17, 15) is 17.2 Å². The van der Waals surface area contributed by atoms with E-state index in [2.05, 4.69) is 4.98 Å². The predicted octanol–water partition coefficient (Wildman–Crippen LogP) is 5.05. The van der Waals surface area contributed by atoms with Gasteiger partial charge in [-0.2, -0.15) is 0 Å². The van der Waals surface area contributed by atoms with Crippen molar-refractivity contribution in [3.8, 4) is 28.1 Å². The van der Waals surface area contributed by atoms with Gasteiger partial charge in [-0.15, -0.1) is 0 Å². The molecule has 0 aliphatic carbocycles. The van der Waals surface area contributed by atoms with Crippen molar-refractivity contribution in [3.05, 3.63) is 90.4 Å². The summed E-state index contributed by atoms with van der Waals surface area (Å²) in [5.41, 5.74) is 1.72. The first-order chi connectivity index (χ1) is 14.8. The number of methoxy groups -OCH3 is 1. The van der Waals surface area contributed by atoms with Crippen LogP contribution in [0.3, 0.4) is 0 Å². The number of hydrogen-bond acceptors (Lipinski definition) is 4. The van der Waals surface area contributed by atoms with Crippen molar-refractivity contribution in [1.29, 1.82) is 0 Å². The molecule has 0 bridgehead atoms. The molecule has 0 saturated carbocycles. The van der Waals surface area contributed by atoms with Crippen LogP contribution in [0.2, 0.25) is 0 Å². The predicted molar refractivity (Wildman–Crippen MR) is 113 cm³/mol. The van der Waals surface area contributed by atoms with E-state index < -0.39 is 21.7 Å². The van der Waals surface area contributed by atoms with Crippen molar-refractivity contribution in [2.45, 2.75) is 11.8 Å². The fraction of sp³-hybridized carbons (Fsp3) is 0.0870. The second-order valence-electron chi connectivity index (χ2n) is 6.97. The average molecular weight is 440 g/mol. The standard InChI is InChI=1S/C23H18F2N2O3S/c1-15-7-23(21-5-3-4-6-22(21)25)27(14-15)31(28,29)20-10-16(8-18(24)11-20)17-9-19(30-2)13-26-12-17/h3-14H,1-2H3. The Hall–Kier alpha value is -3.52. The van der Waals surface area contributed by atoms with Crippen LogP contribution in [0.4, 0.5) is 8.78 Å². The van der Waals surface area contributed by atoms with Gasteiger partial charge in [0.1, 0.15) is 17.4 Å². The molecule has 0 unspecified atom stereocenters. The second-order valence-corrected chi connectivity index (χ2v) is 8.79. The summed E-state index contributed by atoms with van der Waals surface area (Å²) in [6.07, 6.45) is 4.36. The fourth-order valence-electron chi connectivity index (χ4n) is 3.32. The zero-order valence-corrected chi connectivity index (χ0v) is 17.5. The summed E-state index contributed by atoms with van der Waals surface area (Å²) in [5.74, 6) is -0.830. The molecule has 8 heteroatoms. The van der Waals surface area contributed by atoms with Gasteiger partial charge in [-0.05, 0) is 60.5 Å². The van der Waals surface area contributed by atoms with Gasteiger partial charge in [-0.1, -0.05) is 12.1 Å². The van der Waals surface area contributed by atoms with E-state index in [1.807, 2.05) is 0 Å². The molecule has 0 spiro atoms. The number of hydrogen-bond donors (Lipinski definition) is 0. The molecule has 0 aliphatic rings. The van der Waals surface area contributed by atoms with Crippen LogP contribution in [0, 0.1) is 18.6 Å². The van der Waals surface area contributed by atoms with Crippen molar-refractivity contribution in [2.24, 2.45) is 0 Å². The lowest BCUT2D eigenvalue weighted by Crippen LogP contribution is -2.14. The van der Waals surface area contributed by atoms with Crippen LogP contribution < -0.4 is 4.74 Å². The van der Waals surface area contributed by atoms with Crippen LogP contribution in [0.5, 0.6) is 5.75 Å². The van der Waals surface area contributed by atoms with Crippen LogP contribution >= 0.6 is 0 Å². The highest BCUT2D eigenvalue weighted by atomic mass is 32.2. The topological polar surface area (TPSA) is 61.2 Å². The van der Waals surface area contributed by atoms with Gasteiger partial charge in [0.25, 0.3) is 10.0 Å². The van der Waals surface area contributed by atoms with Crippen LogP contribution in [0.1, 0.15) is 5.56 Å². The first-order valence-corrected chi connectivity index (χ1v) is 10.7. The van der Waals surface area contributed by atoms with Crippen LogP contribution in [-0.4, -0.2) is 24.5 Å². The Morgan fingerprint density at radius 2 is 1.74 bits per heavy atom. The van der Waals surface area contributed by atoms with Gasteiger partial charge < -0.3 is 4.74 Å². The number of rotatable bonds is 5. The molecule has 0 fully saturated rings. The van der Waals surface area contributed by atoms with Crippen LogP contribution in [-0.2, 0) is 10.0 Å². The molecular formula is C23H18F2N2O3S. The van der Waals surface area contributed by atoms with E-state index in [1.165, 1.54) is 56.0 Å². The molecule has 0 atom stereocenters. The van der Waals surface area contributed by atoms with Gasteiger partial charge in [0.2, 0.25) is 0 Å². The summed E-state index contributed by atoms with van der Waals surface area (Å²) >= 11 is 0. The SMILES string of the molecule is COc1cncc(-c2cc(F)cc(S(=O)(=O)n3cc(C)cc3-c3ccccc3F)c2)c1. The average Bonchev–Trinajstić information content (AvgIpc) is 3.16. The van der Waals surface area contributed by atoms with Gasteiger partial charge in [0.05, 0.1) is 23.9 Å². The third-order valence-corrected chi connectivity index (χ3v) is 6.43. The Kier molecular flexibility index (Phi) is 5.32. The monoisotopic (exact) mass is 440 g/mol. The number of aryl methyl sites for hydroxylation is 1. The first kappa shape index (κ1) is 20.7. The molecule has 158 valence electrons. The summed E-state index contributed by atoms with van der Waals surface area (Å²) < 4.78 is 61.8. The highest BCUT2D eigenvalue weighted by Crippen LogP contribution is 2.31. The summed E-state index contributed by atoms with van der Waals surface area (Å²) in [4.78, 5) is 3.77. The number of benzene rings is 2. The van der Waals surface area contributed by atoms with Crippen molar-refractivity contribution < 1.29 is 21.9 Å². The lowest BCUT2D eigenvalue weighted by Gasteiger charge is -2.13. The third kappa shape index (κ3) is 3.94. The molecular weight excluding hydrogens is 422 g/mol. The Balaban J connectivity index is 1.88. The van der Waals surface area contributed by atoms with Gasteiger partial charge >= 0.3 is 0 Å². The minimum absolute atomic E-state index is 0.132. The number of ether oxygens (including phenoxy) is 1. The molecule has 0 aliphatic heterocycles. The lowest BCUT2D eigenvalue weighted by molar-refractivity contribution is 0.413. The Morgan fingerprint density at radius 3 is 2.48 bits per heavy atom. The molecule has 2 heterocycles. The van der Waals surface area contributed by atoms with Gasteiger partial charge in [0, 0.05) is 23.5 Å². The molecule has 0 amide bonds. The Bertz CT molecular complexity index is 1380. The number of nitrogens with zero attached hydrogens (tertiary/aromatic N) is 2. The number of aromatic nitrogens is 2. The van der Waals surface area contributed by atoms with Crippen molar-refractivity contribution in [2.75, 3.05) is 7.11 Å². The largest absolute Gasteiger partial charge is 0.495 e. The molecule has 4 rings (SSSR count). The molecule has 0 N–H and O–H groups in total. The zero-order chi connectivity index (χ0) is 22.2. The smallest absolute Gasteiger partial charge is 0.268 e. The quantitative estimate of drug-likeness (QED) is 0.436. The van der Waals surface area contributed by atoms with Crippen LogP contribution in [0.15, 0.2) is 78.1 Å². The van der Waals surface area contributed by atoms with Gasteiger partial charge in [0.15, 0.2) is 0 Å². The second kappa shape index (κ2) is 7.96. The summed E-state index contributed by atoms with van der Waals surface area (Å²) in [7, 11) is -2.75. The number of halogens is 2. The molecule has 0 saturated heterocycles. The lowest BCUT2D eigenvalue weighted by atomic mass is 10.1. The van der Waals surface area contributed by atoms with Gasteiger partial charge in [-0.3, -0.25) is 4.98 Å². The highest BCUT2D eigenvalue weighted by molar-refractivity contribution is 7.90. The molecule has 5 nitrogen and oxygen atoms in total. The van der Waals surface area contributed by atoms with Gasteiger partial charge in [-0.25, -0.2) is 21.2 Å². The van der Waals surface area contributed by atoms with E-state index in [1.54, 1.807) is 25.1 Å². The maximum absolute atomic E-state index is 14.4. The van der Waals surface area contributed by atoms with E-state index in [0.717, 1.165) is 10.0 Å². The molecule has 2 aromatic heterocycles. The van der Waals surface area contributed by atoms with E-state index in [-0.39, 0.29) is 16.2 Å². The highest BCUT2D eigenvalue weighted by Gasteiger charge is 2.24. The van der Waals surface area contributed by atoms with E-state index in [0.29, 0.717) is 22.4 Å². The Morgan fingerprint density at radius 1 is 0.968 bits per heavy atom. The number of pyridine rings is 1.